The summed E-state index contributed by atoms with van der Waals surface area (Å²) < 4.78 is 13.0. The first-order chi connectivity index (χ1) is 14.6. The van der Waals surface area contributed by atoms with Gasteiger partial charge in [0, 0.05) is 49.3 Å². The smallest absolute Gasteiger partial charge is 0.315 e. The molecule has 0 aliphatic carbocycles. The summed E-state index contributed by atoms with van der Waals surface area (Å²) in [6.45, 7) is 5.37. The van der Waals surface area contributed by atoms with Crippen LogP contribution < -0.4 is 10.6 Å². The first-order valence-corrected chi connectivity index (χ1v) is 10.6. The predicted octanol–water partition coefficient (Wildman–Crippen LogP) is 4.12. The van der Waals surface area contributed by atoms with Crippen molar-refractivity contribution in [2.75, 3.05) is 19.6 Å². The number of nitrogens with one attached hydrogen (secondary N) is 3. The van der Waals surface area contributed by atoms with Crippen molar-refractivity contribution in [3.63, 3.8) is 0 Å². The lowest BCUT2D eigenvalue weighted by molar-refractivity contribution is 0.186. The van der Waals surface area contributed by atoms with Gasteiger partial charge in [-0.25, -0.2) is 9.18 Å². The molecule has 1 fully saturated rings. The minimum Gasteiger partial charge on any atom is -0.361 e. The zero-order valence-electron chi connectivity index (χ0n) is 17.4. The molecule has 3 N–H and O–H groups in total. The molecule has 1 saturated heterocycles. The van der Waals surface area contributed by atoms with Crippen molar-refractivity contribution < 1.29 is 9.18 Å². The minimum absolute atomic E-state index is 0.0947. The summed E-state index contributed by atoms with van der Waals surface area (Å²) >= 11 is 0. The number of aromatic nitrogens is 1. The van der Waals surface area contributed by atoms with E-state index >= 15 is 0 Å². The summed E-state index contributed by atoms with van der Waals surface area (Å²) in [4.78, 5) is 17.9. The molecule has 2 heterocycles. The molecule has 1 aliphatic heterocycles. The Morgan fingerprint density at radius 1 is 1.17 bits per heavy atom. The number of carbonyl (C=O) groups excluding carboxylic acids is 1. The molecule has 5 nitrogen and oxygen atoms in total. The van der Waals surface area contributed by atoms with E-state index in [1.807, 2.05) is 18.3 Å². The van der Waals surface area contributed by atoms with Crippen LogP contribution in [0.2, 0.25) is 0 Å². The first-order valence-electron chi connectivity index (χ1n) is 10.6. The second kappa shape index (κ2) is 9.30. The fourth-order valence-electron chi connectivity index (χ4n) is 4.14. The van der Waals surface area contributed by atoms with E-state index in [1.165, 1.54) is 28.6 Å². The maximum atomic E-state index is 13.0. The van der Waals surface area contributed by atoms with Gasteiger partial charge in [-0.05, 0) is 61.1 Å². The highest BCUT2D eigenvalue weighted by Crippen LogP contribution is 2.19. The highest BCUT2D eigenvalue weighted by molar-refractivity contribution is 5.83. The number of urea groups is 1. The standard InChI is InChI=1S/C24H29FN4O/c1-17-2-7-22-19(15-27-23(22)14-17)8-11-26-24(30)28-21-9-12-29(13-10-21)16-18-3-5-20(25)6-4-18/h2-7,14-15,21,27H,8-13,16H2,1H3,(H2,26,28,30). The topological polar surface area (TPSA) is 60.2 Å². The number of likely N-dealkylation sites (tertiary alicyclic amines) is 1. The molecule has 1 aromatic heterocycles. The molecule has 0 radical (unpaired) electrons. The molecule has 4 rings (SSSR count). The number of aryl methyl sites for hydroxylation is 1. The molecule has 0 spiro atoms. The van der Waals surface area contributed by atoms with Gasteiger partial charge in [-0.15, -0.1) is 0 Å². The Hall–Kier alpha value is -2.86. The predicted molar refractivity (Wildman–Crippen MR) is 118 cm³/mol. The number of hydrogen-bond donors (Lipinski definition) is 3. The number of carbonyl (C=O) groups is 1. The average Bonchev–Trinajstić information content (AvgIpc) is 3.13. The highest BCUT2D eigenvalue weighted by atomic mass is 19.1. The number of rotatable bonds is 6. The van der Waals surface area contributed by atoms with Gasteiger partial charge in [0.25, 0.3) is 0 Å². The van der Waals surface area contributed by atoms with Crippen molar-refractivity contribution in [2.24, 2.45) is 0 Å². The highest BCUT2D eigenvalue weighted by Gasteiger charge is 2.20. The number of halogens is 1. The van der Waals surface area contributed by atoms with Crippen molar-refractivity contribution >= 4 is 16.9 Å². The summed E-state index contributed by atoms with van der Waals surface area (Å²) in [5, 5.41) is 7.31. The Kier molecular flexibility index (Phi) is 6.33. The first kappa shape index (κ1) is 20.4. The van der Waals surface area contributed by atoms with Crippen LogP contribution in [0.5, 0.6) is 0 Å². The third kappa shape index (κ3) is 5.19. The molecule has 30 heavy (non-hydrogen) atoms. The molecule has 0 saturated carbocycles. The molecule has 2 amide bonds. The van der Waals surface area contributed by atoms with Crippen molar-refractivity contribution in [1.82, 2.24) is 20.5 Å². The van der Waals surface area contributed by atoms with E-state index in [-0.39, 0.29) is 17.9 Å². The van der Waals surface area contributed by atoms with Crippen LogP contribution in [0.15, 0.2) is 48.7 Å². The quantitative estimate of drug-likeness (QED) is 0.575. The van der Waals surface area contributed by atoms with Gasteiger partial charge in [-0.3, -0.25) is 4.90 Å². The van der Waals surface area contributed by atoms with Crippen LogP contribution in [0.3, 0.4) is 0 Å². The number of hydrogen-bond acceptors (Lipinski definition) is 2. The van der Waals surface area contributed by atoms with Gasteiger partial charge >= 0.3 is 6.03 Å². The lowest BCUT2D eigenvalue weighted by Gasteiger charge is -2.32. The van der Waals surface area contributed by atoms with Crippen LogP contribution in [0.25, 0.3) is 10.9 Å². The number of benzene rings is 2. The lowest BCUT2D eigenvalue weighted by atomic mass is 10.0. The SMILES string of the molecule is Cc1ccc2c(CCNC(=O)NC3CCN(Cc4ccc(F)cc4)CC3)c[nH]c2c1. The van der Waals surface area contributed by atoms with Crippen LogP contribution in [0, 0.1) is 12.7 Å². The van der Waals surface area contributed by atoms with Gasteiger partial charge < -0.3 is 15.6 Å². The maximum absolute atomic E-state index is 13.0. The molecule has 158 valence electrons. The van der Waals surface area contributed by atoms with E-state index in [0.717, 1.165) is 50.0 Å². The molecule has 3 aromatic rings. The Bertz CT molecular complexity index is 990. The van der Waals surface area contributed by atoms with E-state index in [4.69, 9.17) is 0 Å². The van der Waals surface area contributed by atoms with Gasteiger partial charge in [0.2, 0.25) is 0 Å². The van der Waals surface area contributed by atoms with E-state index in [9.17, 15) is 9.18 Å². The Morgan fingerprint density at radius 3 is 2.70 bits per heavy atom. The van der Waals surface area contributed by atoms with Crippen molar-refractivity contribution in [2.45, 2.75) is 38.8 Å². The number of H-pyrrole nitrogens is 1. The van der Waals surface area contributed by atoms with E-state index < -0.39 is 0 Å². The number of nitrogens with zero attached hydrogens (tertiary/aromatic N) is 1. The molecular formula is C24H29FN4O. The summed E-state index contributed by atoms with van der Waals surface area (Å²) in [5.41, 5.74) is 4.71. The van der Waals surface area contributed by atoms with Crippen LogP contribution in [-0.2, 0) is 13.0 Å². The minimum atomic E-state index is -0.201. The summed E-state index contributed by atoms with van der Waals surface area (Å²) in [6.07, 6.45) is 4.68. The number of aromatic amines is 1. The third-order valence-electron chi connectivity index (χ3n) is 5.85. The normalized spacial score (nSPS) is 15.4. The Morgan fingerprint density at radius 2 is 1.93 bits per heavy atom. The summed E-state index contributed by atoms with van der Waals surface area (Å²) in [7, 11) is 0. The zero-order chi connectivity index (χ0) is 20.9. The second-order valence-corrected chi connectivity index (χ2v) is 8.19. The van der Waals surface area contributed by atoms with E-state index in [0.29, 0.717) is 6.54 Å². The largest absolute Gasteiger partial charge is 0.361 e. The van der Waals surface area contributed by atoms with Crippen molar-refractivity contribution in [1.29, 1.82) is 0 Å². The summed E-state index contributed by atoms with van der Waals surface area (Å²) in [5.74, 6) is -0.201. The van der Waals surface area contributed by atoms with Crippen LogP contribution >= 0.6 is 0 Å². The molecule has 2 aromatic carbocycles. The molecule has 0 atom stereocenters. The van der Waals surface area contributed by atoms with Crippen LogP contribution in [0.1, 0.15) is 29.5 Å². The lowest BCUT2D eigenvalue weighted by Crippen LogP contribution is -2.48. The van der Waals surface area contributed by atoms with Crippen LogP contribution in [0.4, 0.5) is 9.18 Å². The number of amides is 2. The monoisotopic (exact) mass is 408 g/mol. The Balaban J connectivity index is 1.17. The van der Waals surface area contributed by atoms with Crippen LogP contribution in [-0.4, -0.2) is 41.6 Å². The Labute approximate surface area is 176 Å². The average molecular weight is 409 g/mol. The fraction of sp³-hybridized carbons (Fsp3) is 0.375. The fourth-order valence-corrected chi connectivity index (χ4v) is 4.14. The number of piperidine rings is 1. The van der Waals surface area contributed by atoms with E-state index in [1.54, 1.807) is 0 Å². The van der Waals surface area contributed by atoms with Gasteiger partial charge in [-0.1, -0.05) is 24.3 Å². The summed E-state index contributed by atoms with van der Waals surface area (Å²) in [6, 6.07) is 13.2. The van der Waals surface area contributed by atoms with Gasteiger partial charge in [0.05, 0.1) is 0 Å². The van der Waals surface area contributed by atoms with Crippen molar-refractivity contribution in [3.8, 4) is 0 Å². The molecule has 0 bridgehead atoms. The molecule has 0 unspecified atom stereocenters. The number of fused-ring (bicyclic) bond motifs is 1. The molecule has 6 heteroatoms. The molecular weight excluding hydrogens is 379 g/mol. The van der Waals surface area contributed by atoms with Gasteiger partial charge in [-0.2, -0.15) is 0 Å². The second-order valence-electron chi connectivity index (χ2n) is 8.19. The maximum Gasteiger partial charge on any atom is 0.315 e. The van der Waals surface area contributed by atoms with Crippen molar-refractivity contribution in [3.05, 3.63) is 71.2 Å². The van der Waals surface area contributed by atoms with E-state index in [2.05, 4.69) is 45.6 Å². The third-order valence-corrected chi connectivity index (χ3v) is 5.85. The van der Waals surface area contributed by atoms with Gasteiger partial charge in [0.1, 0.15) is 5.82 Å². The zero-order valence-corrected chi connectivity index (χ0v) is 17.4. The van der Waals surface area contributed by atoms with Gasteiger partial charge in [0.15, 0.2) is 0 Å². The molecule has 1 aliphatic rings.